The third-order valence-electron chi connectivity index (χ3n) is 3.57. The van der Waals surface area contributed by atoms with Gasteiger partial charge < -0.3 is 14.8 Å². The number of rotatable bonds is 6. The van der Waals surface area contributed by atoms with Crippen molar-refractivity contribution in [1.29, 1.82) is 0 Å². The minimum atomic E-state index is -0.538. The molecule has 0 aliphatic rings. The van der Waals surface area contributed by atoms with Crippen molar-refractivity contribution >= 4 is 23.4 Å². The van der Waals surface area contributed by atoms with Crippen LogP contribution in [0.5, 0.6) is 11.5 Å². The van der Waals surface area contributed by atoms with Crippen LogP contribution >= 0.6 is 11.8 Å². The van der Waals surface area contributed by atoms with Crippen LogP contribution < -0.4 is 14.8 Å². The van der Waals surface area contributed by atoms with E-state index in [1.165, 1.54) is 11.8 Å². The van der Waals surface area contributed by atoms with Crippen LogP contribution in [0.3, 0.4) is 0 Å². The topological polar surface area (TPSA) is 99.1 Å². The molecule has 0 unspecified atom stereocenters. The van der Waals surface area contributed by atoms with Gasteiger partial charge in [0.15, 0.2) is 17.3 Å². The maximum Gasteiger partial charge on any atom is 0.229 e. The molecule has 2 rings (SSSR count). The number of aromatic nitrogens is 4. The van der Waals surface area contributed by atoms with Crippen molar-refractivity contribution in [2.75, 3.05) is 25.8 Å². The van der Waals surface area contributed by atoms with E-state index in [1.807, 2.05) is 27.0 Å². The van der Waals surface area contributed by atoms with Gasteiger partial charge in [-0.05, 0) is 17.9 Å². The first-order chi connectivity index (χ1) is 12.3. The van der Waals surface area contributed by atoms with Gasteiger partial charge in [-0.25, -0.2) is 0 Å². The zero-order valence-electron chi connectivity index (χ0n) is 15.8. The van der Waals surface area contributed by atoms with Crippen LogP contribution in [-0.2, 0) is 11.2 Å². The number of nitrogens with zero attached hydrogens (tertiary/aromatic N) is 4. The zero-order chi connectivity index (χ0) is 19.3. The fraction of sp³-hybridized carbons (Fsp3) is 0.471. The van der Waals surface area contributed by atoms with Crippen LogP contribution in [0.1, 0.15) is 32.2 Å². The molecule has 0 radical (unpaired) electrons. The molecule has 2 aromatic rings. The second-order valence-electron chi connectivity index (χ2n) is 6.55. The molecular formula is C17H23N5O3S. The molecule has 1 aromatic carbocycles. The van der Waals surface area contributed by atoms with E-state index in [-0.39, 0.29) is 5.91 Å². The molecule has 0 atom stereocenters. The summed E-state index contributed by atoms with van der Waals surface area (Å²) in [7, 11) is 3.10. The van der Waals surface area contributed by atoms with Gasteiger partial charge >= 0.3 is 0 Å². The van der Waals surface area contributed by atoms with Crippen molar-refractivity contribution in [2.24, 2.45) is 5.41 Å². The fourth-order valence-electron chi connectivity index (χ4n) is 2.06. The van der Waals surface area contributed by atoms with Crippen molar-refractivity contribution < 1.29 is 14.3 Å². The van der Waals surface area contributed by atoms with Crippen LogP contribution in [0.2, 0.25) is 0 Å². The number of hydrogen-bond acceptors (Lipinski definition) is 8. The Labute approximate surface area is 157 Å². The van der Waals surface area contributed by atoms with Crippen molar-refractivity contribution in [2.45, 2.75) is 32.3 Å². The highest BCUT2D eigenvalue weighted by Gasteiger charge is 2.23. The summed E-state index contributed by atoms with van der Waals surface area (Å²) in [5.74, 6) is 1.41. The van der Waals surface area contributed by atoms with Gasteiger partial charge in [-0.1, -0.05) is 32.5 Å². The van der Waals surface area contributed by atoms with Crippen molar-refractivity contribution in [3.8, 4) is 11.5 Å². The minimum absolute atomic E-state index is 0.110. The summed E-state index contributed by atoms with van der Waals surface area (Å²) in [6, 6.07) is 3.53. The third-order valence-corrected chi connectivity index (χ3v) is 4.10. The SMILES string of the molecule is COc1cc(Cc2nnc(SC)nn2)c(NC(=O)C(C)(C)C)cc1OC. The van der Waals surface area contributed by atoms with E-state index in [1.54, 1.807) is 26.4 Å². The minimum Gasteiger partial charge on any atom is -0.493 e. The molecule has 0 saturated heterocycles. The van der Waals surface area contributed by atoms with Crippen LogP contribution in [0.15, 0.2) is 17.3 Å². The van der Waals surface area contributed by atoms with E-state index >= 15 is 0 Å². The molecular weight excluding hydrogens is 354 g/mol. The standard InChI is InChI=1S/C17H23N5O3S/c1-17(2,3)15(23)18-11-9-13(25-5)12(24-4)7-10(11)8-14-19-21-16(26-6)22-20-14/h7,9H,8H2,1-6H3,(H,18,23). The molecule has 0 bridgehead atoms. The average molecular weight is 377 g/mol. The normalized spacial score (nSPS) is 11.2. The summed E-state index contributed by atoms with van der Waals surface area (Å²) >= 11 is 1.37. The van der Waals surface area contributed by atoms with E-state index in [4.69, 9.17) is 9.47 Å². The van der Waals surface area contributed by atoms with Gasteiger partial charge in [0.2, 0.25) is 11.1 Å². The number of methoxy groups -OCH3 is 2. The lowest BCUT2D eigenvalue weighted by atomic mass is 9.95. The molecule has 0 spiro atoms. The van der Waals surface area contributed by atoms with Gasteiger partial charge in [-0.15, -0.1) is 20.4 Å². The number of thioether (sulfide) groups is 1. The number of carbonyl (C=O) groups excluding carboxylic acids is 1. The maximum atomic E-state index is 12.4. The van der Waals surface area contributed by atoms with Gasteiger partial charge in [0.25, 0.3) is 0 Å². The molecule has 9 heteroatoms. The Kier molecular flexibility index (Phi) is 6.36. The summed E-state index contributed by atoms with van der Waals surface area (Å²) in [5, 5.41) is 19.6. The number of carbonyl (C=O) groups is 1. The summed E-state index contributed by atoms with van der Waals surface area (Å²) in [5.41, 5.74) is 0.852. The second kappa shape index (κ2) is 8.31. The van der Waals surface area contributed by atoms with E-state index < -0.39 is 5.41 Å². The molecule has 140 valence electrons. The van der Waals surface area contributed by atoms with Gasteiger partial charge in [0, 0.05) is 23.6 Å². The second-order valence-corrected chi connectivity index (χ2v) is 7.32. The summed E-state index contributed by atoms with van der Waals surface area (Å²) in [4.78, 5) is 12.4. The van der Waals surface area contributed by atoms with Crippen LogP contribution in [0.4, 0.5) is 5.69 Å². The Morgan fingerprint density at radius 2 is 1.65 bits per heavy atom. The first-order valence-electron chi connectivity index (χ1n) is 7.95. The number of benzene rings is 1. The quantitative estimate of drug-likeness (QED) is 0.767. The molecule has 26 heavy (non-hydrogen) atoms. The molecule has 1 heterocycles. The maximum absolute atomic E-state index is 12.4. The average Bonchev–Trinajstić information content (AvgIpc) is 2.62. The van der Waals surface area contributed by atoms with Crippen LogP contribution in [0, 0.1) is 5.41 Å². The monoisotopic (exact) mass is 377 g/mol. The predicted octanol–water partition coefficient (Wildman–Crippen LogP) is 2.58. The lowest BCUT2D eigenvalue weighted by Gasteiger charge is -2.20. The highest BCUT2D eigenvalue weighted by atomic mass is 32.2. The Balaban J connectivity index is 2.41. The molecule has 1 aromatic heterocycles. The molecule has 0 saturated carbocycles. The Morgan fingerprint density at radius 3 is 2.15 bits per heavy atom. The Morgan fingerprint density at radius 1 is 1.08 bits per heavy atom. The molecule has 1 N–H and O–H groups in total. The summed E-state index contributed by atoms with van der Waals surface area (Å²) < 4.78 is 10.7. The smallest absolute Gasteiger partial charge is 0.229 e. The molecule has 0 aliphatic carbocycles. The lowest BCUT2D eigenvalue weighted by Crippen LogP contribution is -2.28. The van der Waals surface area contributed by atoms with Crippen molar-refractivity contribution in [3.63, 3.8) is 0 Å². The molecule has 0 fully saturated rings. The van der Waals surface area contributed by atoms with Crippen LogP contribution in [0.25, 0.3) is 0 Å². The van der Waals surface area contributed by atoms with E-state index in [2.05, 4.69) is 25.7 Å². The summed E-state index contributed by atoms with van der Waals surface area (Å²) in [6.07, 6.45) is 2.20. The highest BCUT2D eigenvalue weighted by Crippen LogP contribution is 2.35. The number of anilines is 1. The Hall–Kier alpha value is -2.42. The molecule has 0 aliphatic heterocycles. The first-order valence-corrected chi connectivity index (χ1v) is 9.17. The largest absolute Gasteiger partial charge is 0.493 e. The third kappa shape index (κ3) is 4.81. The van der Waals surface area contributed by atoms with Crippen molar-refractivity contribution in [3.05, 3.63) is 23.5 Å². The number of hydrogen-bond donors (Lipinski definition) is 1. The summed E-state index contributed by atoms with van der Waals surface area (Å²) in [6.45, 7) is 5.54. The Bertz CT molecular complexity index is 775. The first kappa shape index (κ1) is 19.9. The van der Waals surface area contributed by atoms with Gasteiger partial charge in [0.05, 0.1) is 14.2 Å². The van der Waals surface area contributed by atoms with Crippen molar-refractivity contribution in [1.82, 2.24) is 20.4 Å². The van der Waals surface area contributed by atoms with Crippen LogP contribution in [-0.4, -0.2) is 46.8 Å². The number of nitrogens with one attached hydrogen (secondary N) is 1. The predicted molar refractivity (Wildman–Crippen MR) is 99.8 cm³/mol. The highest BCUT2D eigenvalue weighted by molar-refractivity contribution is 7.98. The van der Waals surface area contributed by atoms with E-state index in [0.717, 1.165) is 5.56 Å². The van der Waals surface area contributed by atoms with Gasteiger partial charge in [-0.2, -0.15) is 0 Å². The zero-order valence-corrected chi connectivity index (χ0v) is 16.6. The number of amides is 1. The molecule has 8 nitrogen and oxygen atoms in total. The van der Waals surface area contributed by atoms with Gasteiger partial charge in [0.1, 0.15) is 0 Å². The number of ether oxygens (including phenoxy) is 2. The lowest BCUT2D eigenvalue weighted by molar-refractivity contribution is -0.123. The van der Waals surface area contributed by atoms with E-state index in [0.29, 0.717) is 34.6 Å². The fourth-order valence-corrected chi connectivity index (χ4v) is 2.30. The van der Waals surface area contributed by atoms with E-state index in [9.17, 15) is 4.79 Å². The molecule has 1 amide bonds. The van der Waals surface area contributed by atoms with Gasteiger partial charge in [-0.3, -0.25) is 4.79 Å².